The fourth-order valence-corrected chi connectivity index (χ4v) is 4.25. The zero-order chi connectivity index (χ0) is 23.2. The van der Waals surface area contributed by atoms with Gasteiger partial charge in [0.2, 0.25) is 0 Å². The smallest absolute Gasteiger partial charge is 0.274 e. The second kappa shape index (κ2) is 7.96. The van der Waals surface area contributed by atoms with Crippen LogP contribution in [0.1, 0.15) is 29.0 Å². The van der Waals surface area contributed by atoms with Gasteiger partial charge in [0.05, 0.1) is 24.0 Å². The molecule has 1 fully saturated rings. The number of hydrogen-bond donors (Lipinski definition) is 1. The number of aliphatic hydroxyl groups is 1. The fourth-order valence-electron chi connectivity index (χ4n) is 4.25. The lowest BCUT2D eigenvalue weighted by Crippen LogP contribution is -2.49. The lowest BCUT2D eigenvalue weighted by atomic mass is 9.91. The summed E-state index contributed by atoms with van der Waals surface area (Å²) in [5.41, 5.74) is 1.24. The minimum Gasteiger partial charge on any atom is -0.388 e. The van der Waals surface area contributed by atoms with Crippen LogP contribution < -0.4 is 5.56 Å². The number of nitrogens with zero attached hydrogens (tertiary/aromatic N) is 7. The number of likely N-dealkylation sites (tertiary alicyclic amines) is 1. The summed E-state index contributed by atoms with van der Waals surface area (Å²) in [4.78, 5) is 32.0. The van der Waals surface area contributed by atoms with E-state index in [9.17, 15) is 14.7 Å². The summed E-state index contributed by atoms with van der Waals surface area (Å²) in [6.45, 7) is 2.78. The topological polar surface area (TPSA) is 111 Å². The van der Waals surface area contributed by atoms with Gasteiger partial charge < -0.3 is 10.0 Å². The third kappa shape index (κ3) is 3.82. The summed E-state index contributed by atoms with van der Waals surface area (Å²) >= 11 is 0. The number of para-hydroxylation sites is 1. The molecule has 1 amide bonds. The average Bonchev–Trinajstić information content (AvgIpc) is 3.40. The second-order valence-corrected chi connectivity index (χ2v) is 8.62. The normalized spacial score (nSPS) is 15.8. The predicted octanol–water partition coefficient (Wildman–Crippen LogP) is 1.29. The highest BCUT2D eigenvalue weighted by molar-refractivity contribution is 5.92. The van der Waals surface area contributed by atoms with Gasteiger partial charge in [-0.15, -0.1) is 0 Å². The zero-order valence-electron chi connectivity index (χ0n) is 18.5. The Morgan fingerprint density at radius 3 is 2.58 bits per heavy atom. The Morgan fingerprint density at radius 1 is 1.18 bits per heavy atom. The Kier molecular flexibility index (Phi) is 5.09. The second-order valence-electron chi connectivity index (χ2n) is 8.62. The van der Waals surface area contributed by atoms with Crippen LogP contribution in [0.2, 0.25) is 0 Å². The number of rotatable bonds is 4. The van der Waals surface area contributed by atoms with Crippen LogP contribution in [0, 0.1) is 6.92 Å². The van der Waals surface area contributed by atoms with E-state index in [1.54, 1.807) is 27.4 Å². The van der Waals surface area contributed by atoms with E-state index in [-0.39, 0.29) is 18.0 Å². The van der Waals surface area contributed by atoms with E-state index in [1.807, 2.05) is 37.3 Å². The van der Waals surface area contributed by atoms with Crippen molar-refractivity contribution < 1.29 is 9.90 Å². The van der Waals surface area contributed by atoms with Crippen molar-refractivity contribution in [2.24, 2.45) is 7.05 Å². The maximum Gasteiger partial charge on any atom is 0.274 e. The van der Waals surface area contributed by atoms with Crippen LogP contribution in [0.3, 0.4) is 0 Å². The van der Waals surface area contributed by atoms with Crippen molar-refractivity contribution in [1.29, 1.82) is 0 Å². The zero-order valence-corrected chi connectivity index (χ0v) is 18.5. The highest BCUT2D eigenvalue weighted by atomic mass is 16.3. The SMILES string of the molecule is Cc1cc(C(=O)N2CCC(O)(Cn3cnc4c(cnn4-c4ccccc4)c3=O)CC2)nn1C. The largest absolute Gasteiger partial charge is 0.388 e. The van der Waals surface area contributed by atoms with Crippen LogP contribution in [0.25, 0.3) is 16.7 Å². The van der Waals surface area contributed by atoms with Crippen molar-refractivity contribution >= 4 is 16.9 Å². The van der Waals surface area contributed by atoms with Gasteiger partial charge in [-0.05, 0) is 38.0 Å². The van der Waals surface area contributed by atoms with E-state index in [1.165, 1.54) is 17.1 Å². The van der Waals surface area contributed by atoms with E-state index in [4.69, 9.17) is 0 Å². The summed E-state index contributed by atoms with van der Waals surface area (Å²) in [6, 6.07) is 11.2. The Hall–Kier alpha value is -3.79. The molecule has 0 bridgehead atoms. The molecule has 4 aromatic rings. The quantitative estimate of drug-likeness (QED) is 0.505. The number of fused-ring (bicyclic) bond motifs is 1. The third-order valence-corrected chi connectivity index (χ3v) is 6.33. The molecular weight excluding hydrogens is 422 g/mol. The molecule has 1 saturated heterocycles. The number of benzene rings is 1. The number of carbonyl (C=O) groups is 1. The van der Waals surface area contributed by atoms with Crippen LogP contribution >= 0.6 is 0 Å². The standard InChI is InChI=1S/C23H25N7O3/c1-16-12-19(26-27(16)2)22(32)28-10-8-23(33,9-11-28)14-29-15-24-20-18(21(29)31)13-25-30(20)17-6-4-3-5-7-17/h3-7,12-13,15,33H,8-11,14H2,1-2H3. The van der Waals surface area contributed by atoms with Crippen molar-refractivity contribution in [2.45, 2.75) is 31.9 Å². The molecule has 0 aliphatic carbocycles. The van der Waals surface area contributed by atoms with Crippen molar-refractivity contribution in [3.8, 4) is 5.69 Å². The molecule has 0 atom stereocenters. The number of piperidine rings is 1. The summed E-state index contributed by atoms with van der Waals surface area (Å²) in [5, 5.41) is 20.1. The summed E-state index contributed by atoms with van der Waals surface area (Å²) < 4.78 is 4.72. The minimum atomic E-state index is -1.11. The molecule has 4 heterocycles. The molecule has 1 aliphatic rings. The van der Waals surface area contributed by atoms with E-state index < -0.39 is 5.60 Å². The molecule has 5 rings (SSSR count). The maximum atomic E-state index is 13.1. The average molecular weight is 447 g/mol. The molecule has 0 spiro atoms. The predicted molar refractivity (Wildman–Crippen MR) is 121 cm³/mol. The molecule has 1 N–H and O–H groups in total. The Balaban J connectivity index is 1.32. The van der Waals surface area contributed by atoms with E-state index >= 15 is 0 Å². The highest BCUT2D eigenvalue weighted by Crippen LogP contribution is 2.25. The van der Waals surface area contributed by atoms with Crippen molar-refractivity contribution in [2.75, 3.05) is 13.1 Å². The first kappa shape index (κ1) is 21.1. The first-order chi connectivity index (χ1) is 15.8. The summed E-state index contributed by atoms with van der Waals surface area (Å²) in [6.07, 6.45) is 3.68. The molecule has 10 nitrogen and oxygen atoms in total. The molecule has 170 valence electrons. The van der Waals surface area contributed by atoms with Crippen molar-refractivity contribution in [3.63, 3.8) is 0 Å². The van der Waals surface area contributed by atoms with Crippen LogP contribution in [0.5, 0.6) is 0 Å². The number of aromatic nitrogens is 6. The van der Waals surface area contributed by atoms with Gasteiger partial charge in [-0.3, -0.25) is 18.8 Å². The number of carbonyl (C=O) groups excluding carboxylic acids is 1. The monoisotopic (exact) mass is 447 g/mol. The highest BCUT2D eigenvalue weighted by Gasteiger charge is 2.35. The van der Waals surface area contributed by atoms with E-state index in [0.717, 1.165) is 11.4 Å². The lowest BCUT2D eigenvalue weighted by molar-refractivity contribution is -0.0300. The number of amides is 1. The van der Waals surface area contributed by atoms with E-state index in [2.05, 4.69) is 15.2 Å². The van der Waals surface area contributed by atoms with Gasteiger partial charge in [-0.2, -0.15) is 10.2 Å². The number of aryl methyl sites for hydroxylation is 2. The maximum absolute atomic E-state index is 13.1. The van der Waals surface area contributed by atoms with Gasteiger partial charge in [0.15, 0.2) is 11.3 Å². The Morgan fingerprint density at radius 2 is 1.91 bits per heavy atom. The van der Waals surface area contributed by atoms with Crippen molar-refractivity contribution in [3.05, 3.63) is 70.7 Å². The van der Waals surface area contributed by atoms with Gasteiger partial charge in [0.1, 0.15) is 11.7 Å². The van der Waals surface area contributed by atoms with Gasteiger partial charge in [0.25, 0.3) is 11.5 Å². The molecule has 0 saturated carbocycles. The first-order valence-electron chi connectivity index (χ1n) is 10.9. The van der Waals surface area contributed by atoms with Crippen LogP contribution in [0.4, 0.5) is 0 Å². The fraction of sp³-hybridized carbons (Fsp3) is 0.348. The van der Waals surface area contributed by atoms with Gasteiger partial charge in [-0.25, -0.2) is 9.67 Å². The molecule has 0 radical (unpaired) electrons. The molecule has 1 aliphatic heterocycles. The first-order valence-corrected chi connectivity index (χ1v) is 10.9. The third-order valence-electron chi connectivity index (χ3n) is 6.33. The molecule has 33 heavy (non-hydrogen) atoms. The Bertz CT molecular complexity index is 1360. The van der Waals surface area contributed by atoms with Crippen molar-refractivity contribution in [1.82, 2.24) is 34.0 Å². The van der Waals surface area contributed by atoms with E-state index in [0.29, 0.717) is 42.7 Å². The molecule has 3 aromatic heterocycles. The van der Waals surface area contributed by atoms with Crippen LogP contribution in [-0.2, 0) is 13.6 Å². The lowest BCUT2D eigenvalue weighted by Gasteiger charge is -2.38. The number of hydrogen-bond acceptors (Lipinski definition) is 6. The molecular formula is C23H25N7O3. The minimum absolute atomic E-state index is 0.107. The molecule has 10 heteroatoms. The summed E-state index contributed by atoms with van der Waals surface area (Å²) in [7, 11) is 1.80. The Labute approximate surface area is 189 Å². The van der Waals surface area contributed by atoms with Crippen LogP contribution in [-0.4, -0.2) is 63.7 Å². The summed E-state index contributed by atoms with van der Waals surface area (Å²) in [5.74, 6) is -0.144. The molecule has 0 unspecified atom stereocenters. The van der Waals surface area contributed by atoms with Gasteiger partial charge >= 0.3 is 0 Å². The van der Waals surface area contributed by atoms with Gasteiger partial charge in [-0.1, -0.05) is 18.2 Å². The van der Waals surface area contributed by atoms with Crippen LogP contribution in [0.15, 0.2) is 53.7 Å². The van der Waals surface area contributed by atoms with Gasteiger partial charge in [0, 0.05) is 25.8 Å². The molecule has 1 aromatic carbocycles.